The molecule has 0 fully saturated rings. The minimum atomic E-state index is 0.555. The summed E-state index contributed by atoms with van der Waals surface area (Å²) in [4.78, 5) is 10.4. The molecule has 0 unspecified atom stereocenters. The van der Waals surface area contributed by atoms with Crippen LogP contribution in [0, 0.1) is 4.91 Å². The monoisotopic (exact) mass is 182 g/mol. The molecule has 2 nitrogen and oxygen atoms in total. The molecule has 62 valence electrons. The van der Waals surface area contributed by atoms with Crippen molar-refractivity contribution in [2.75, 3.05) is 0 Å². The highest BCUT2D eigenvalue weighted by Crippen LogP contribution is 2.17. The number of allylic oxidation sites excluding steroid dienone is 1. The van der Waals surface area contributed by atoms with E-state index in [2.05, 4.69) is 6.58 Å². The number of benzene rings is 1. The summed E-state index contributed by atoms with van der Waals surface area (Å²) in [6, 6.07) is 5.09. The maximum Gasteiger partial charge on any atom is 0.256 e. The minimum absolute atomic E-state index is 0.555. The number of rotatable bonds is 3. The zero-order valence-electron chi connectivity index (χ0n) is 6.51. The van der Waals surface area contributed by atoms with Gasteiger partial charge in [0.05, 0.1) is 0 Å². The van der Waals surface area contributed by atoms with Gasteiger partial charge in [-0.2, -0.15) is 0 Å². The van der Waals surface area contributed by atoms with Crippen molar-refractivity contribution in [1.82, 2.24) is 0 Å². The molecule has 3 heteroatoms. The van der Waals surface area contributed by atoms with Gasteiger partial charge in [-0.15, -0.1) is 6.58 Å². The summed E-state index contributed by atoms with van der Waals surface area (Å²) in [5.74, 6) is 0. The molecule has 0 aliphatic heterocycles. The van der Waals surface area contributed by atoms with Gasteiger partial charge in [0, 0.05) is 26.7 Å². The summed E-state index contributed by atoms with van der Waals surface area (Å²) in [5.41, 5.74) is 1.42. The summed E-state index contributed by atoms with van der Waals surface area (Å²) in [6.45, 7) is 3.59. The third kappa shape index (κ3) is 1.92. The highest BCUT2D eigenvalue weighted by Gasteiger charge is 2.06. The van der Waals surface area contributed by atoms with Crippen molar-refractivity contribution in [3.8, 4) is 0 Å². The summed E-state index contributed by atoms with van der Waals surface area (Å²) in [6.07, 6.45) is 2.37. The van der Waals surface area contributed by atoms with Crippen LogP contribution in [0.15, 0.2) is 30.9 Å². The van der Waals surface area contributed by atoms with Crippen molar-refractivity contribution in [2.45, 2.75) is 6.42 Å². The first-order valence-electron chi connectivity index (χ1n) is 3.55. The average molecular weight is 183 g/mol. The highest BCUT2D eigenvalue weighted by molar-refractivity contribution is 6.30. The molecule has 12 heavy (non-hydrogen) atoms. The van der Waals surface area contributed by atoms with Crippen molar-refractivity contribution in [1.29, 1.82) is 0 Å². The van der Waals surface area contributed by atoms with E-state index in [4.69, 9.17) is 11.6 Å². The SMILES string of the molecule is C=CCc1cc(Cl)ccc1[NH+]=O. The zero-order valence-corrected chi connectivity index (χ0v) is 7.27. The van der Waals surface area contributed by atoms with Gasteiger partial charge >= 0.3 is 0 Å². The predicted octanol–water partition coefficient (Wildman–Crippen LogP) is 1.55. The number of hydrogen-bond donors (Lipinski definition) is 1. The largest absolute Gasteiger partial charge is 0.256 e. The normalized spacial score (nSPS) is 9.42. The van der Waals surface area contributed by atoms with Crippen LogP contribution in [0.3, 0.4) is 0 Å². The Morgan fingerprint density at radius 1 is 1.58 bits per heavy atom. The summed E-state index contributed by atoms with van der Waals surface area (Å²) in [5, 5.41) is 2.48. The molecule has 0 saturated carbocycles. The van der Waals surface area contributed by atoms with Crippen LogP contribution in [-0.2, 0) is 6.42 Å². The molecule has 1 N–H and O–H groups in total. The second-order valence-electron chi connectivity index (χ2n) is 2.40. The fraction of sp³-hybridized carbons (Fsp3) is 0.111. The molecule has 0 spiro atoms. The van der Waals surface area contributed by atoms with Gasteiger partial charge in [-0.05, 0) is 18.6 Å². The lowest BCUT2D eigenvalue weighted by Gasteiger charge is -1.95. The van der Waals surface area contributed by atoms with Crippen molar-refractivity contribution >= 4 is 17.3 Å². The number of hydrogen-bond acceptors (Lipinski definition) is 1. The van der Waals surface area contributed by atoms with Gasteiger partial charge in [0.1, 0.15) is 0 Å². The second-order valence-corrected chi connectivity index (χ2v) is 2.83. The van der Waals surface area contributed by atoms with E-state index >= 15 is 0 Å². The Kier molecular flexibility index (Phi) is 3.00. The third-order valence-electron chi connectivity index (χ3n) is 1.54. The third-order valence-corrected chi connectivity index (χ3v) is 1.78. The molecule has 0 aliphatic carbocycles. The smallest absolute Gasteiger partial charge is 0.103 e. The fourth-order valence-corrected chi connectivity index (χ4v) is 1.18. The van der Waals surface area contributed by atoms with E-state index in [1.165, 1.54) is 0 Å². The van der Waals surface area contributed by atoms with Crippen molar-refractivity contribution in [2.24, 2.45) is 0 Å². The van der Waals surface area contributed by atoms with Crippen LogP contribution in [0.5, 0.6) is 0 Å². The number of nitroso groups, excluding NO2 is 1. The lowest BCUT2D eigenvalue weighted by atomic mass is 10.1. The van der Waals surface area contributed by atoms with Crippen molar-refractivity contribution in [3.63, 3.8) is 0 Å². The first kappa shape index (κ1) is 8.94. The Balaban J connectivity index is 3.11. The quantitative estimate of drug-likeness (QED) is 0.707. The lowest BCUT2D eigenvalue weighted by Crippen LogP contribution is -2.56. The van der Waals surface area contributed by atoms with Gasteiger partial charge in [0.25, 0.3) is 5.69 Å². The lowest BCUT2D eigenvalue weighted by molar-refractivity contribution is -0.380. The Bertz CT molecular complexity index is 309. The van der Waals surface area contributed by atoms with Crippen LogP contribution < -0.4 is 5.18 Å². The summed E-state index contributed by atoms with van der Waals surface area (Å²) in [7, 11) is 0. The molecule has 0 atom stereocenters. The standard InChI is InChI=1S/C9H8ClNO/c1-2-3-7-6-8(10)4-5-9(7)11-12/h2,4-6H,1,3H2/p+1. The van der Waals surface area contributed by atoms with Crippen LogP contribution in [-0.4, -0.2) is 0 Å². The van der Waals surface area contributed by atoms with Gasteiger partial charge in [0.15, 0.2) is 0 Å². The second kappa shape index (κ2) is 4.02. The van der Waals surface area contributed by atoms with E-state index in [1.807, 2.05) is 5.18 Å². The predicted molar refractivity (Wildman–Crippen MR) is 49.3 cm³/mol. The van der Waals surface area contributed by atoms with Crippen LogP contribution in [0.2, 0.25) is 5.02 Å². The Morgan fingerprint density at radius 3 is 2.92 bits per heavy atom. The van der Waals surface area contributed by atoms with Gasteiger partial charge < -0.3 is 0 Å². The number of nitrogens with one attached hydrogen (secondary N) is 1. The van der Waals surface area contributed by atoms with Crippen LogP contribution >= 0.6 is 11.6 Å². The molecule has 0 heterocycles. The van der Waals surface area contributed by atoms with Crippen LogP contribution in [0.1, 0.15) is 5.56 Å². The zero-order chi connectivity index (χ0) is 8.97. The van der Waals surface area contributed by atoms with E-state index in [-0.39, 0.29) is 0 Å². The van der Waals surface area contributed by atoms with Gasteiger partial charge in [-0.1, -0.05) is 17.7 Å². The molecule has 1 aromatic carbocycles. The van der Waals surface area contributed by atoms with E-state index in [9.17, 15) is 4.91 Å². The average Bonchev–Trinajstić information content (AvgIpc) is 2.05. The van der Waals surface area contributed by atoms with Crippen molar-refractivity contribution < 1.29 is 5.18 Å². The first-order chi connectivity index (χ1) is 5.77. The molecule has 0 aromatic heterocycles. The molecule has 0 radical (unpaired) electrons. The molecule has 0 amide bonds. The van der Waals surface area contributed by atoms with Crippen LogP contribution in [0.25, 0.3) is 0 Å². The van der Waals surface area contributed by atoms with Gasteiger partial charge in [-0.25, -0.2) is 0 Å². The Labute approximate surface area is 75.8 Å². The minimum Gasteiger partial charge on any atom is -0.103 e. The Hall–Kier alpha value is -1.15. The molecule has 0 aliphatic rings. The van der Waals surface area contributed by atoms with E-state index in [1.54, 1.807) is 24.3 Å². The molecule has 0 saturated heterocycles. The van der Waals surface area contributed by atoms with E-state index in [0.29, 0.717) is 17.1 Å². The maximum atomic E-state index is 10.4. The molecule has 1 aromatic rings. The maximum absolute atomic E-state index is 10.4. The molecule has 1 rings (SSSR count). The topological polar surface area (TPSA) is 31.0 Å². The van der Waals surface area contributed by atoms with Gasteiger partial charge in [0.2, 0.25) is 0 Å². The van der Waals surface area contributed by atoms with E-state index in [0.717, 1.165) is 5.56 Å². The van der Waals surface area contributed by atoms with Crippen molar-refractivity contribution in [3.05, 3.63) is 46.3 Å². The first-order valence-corrected chi connectivity index (χ1v) is 3.93. The molecular formula is C9H9ClNO+. The molecular weight excluding hydrogens is 174 g/mol. The Morgan fingerprint density at radius 2 is 2.33 bits per heavy atom. The summed E-state index contributed by atoms with van der Waals surface area (Å²) >= 11 is 5.75. The summed E-state index contributed by atoms with van der Waals surface area (Å²) < 4.78 is 0. The van der Waals surface area contributed by atoms with Gasteiger partial charge in [-0.3, -0.25) is 0 Å². The van der Waals surface area contributed by atoms with Crippen LogP contribution in [0.4, 0.5) is 5.69 Å². The highest BCUT2D eigenvalue weighted by atomic mass is 35.5. The fourth-order valence-electron chi connectivity index (χ4n) is 0.986. The molecule has 0 bridgehead atoms. The number of halogens is 1. The van der Waals surface area contributed by atoms with E-state index < -0.39 is 0 Å².